The van der Waals surface area contributed by atoms with Crippen molar-refractivity contribution < 1.29 is 9.53 Å². The van der Waals surface area contributed by atoms with Crippen molar-refractivity contribution in [3.63, 3.8) is 0 Å². The first-order chi connectivity index (χ1) is 8.38. The molecule has 0 atom stereocenters. The van der Waals surface area contributed by atoms with E-state index < -0.39 is 5.41 Å². The molecule has 2 heterocycles. The lowest BCUT2D eigenvalue weighted by atomic mass is 9.98. The lowest BCUT2D eigenvalue weighted by Crippen LogP contribution is -2.23. The second-order valence-corrected chi connectivity index (χ2v) is 6.08. The number of esters is 1. The van der Waals surface area contributed by atoms with E-state index in [-0.39, 0.29) is 12.7 Å². The lowest BCUT2D eigenvalue weighted by molar-refractivity contribution is -0.156. The fourth-order valence-corrected chi connectivity index (χ4v) is 1.85. The number of fused-ring (bicyclic) bond motifs is 1. The van der Waals surface area contributed by atoms with Gasteiger partial charge in [-0.3, -0.25) is 9.36 Å². The summed E-state index contributed by atoms with van der Waals surface area (Å²) in [5.74, 6) is -0.221. The highest BCUT2D eigenvalue weighted by atomic mass is 79.9. The van der Waals surface area contributed by atoms with Crippen LogP contribution in [-0.4, -0.2) is 15.5 Å². The van der Waals surface area contributed by atoms with Gasteiger partial charge in [-0.25, -0.2) is 4.98 Å². The predicted octanol–water partition coefficient (Wildman–Crippen LogP) is 3.35. The smallest absolute Gasteiger partial charge is 0.312 e. The molecule has 4 nitrogen and oxygen atoms in total. The molecule has 0 amide bonds. The molecule has 0 spiro atoms. The highest BCUT2D eigenvalue weighted by Crippen LogP contribution is 2.19. The predicted molar refractivity (Wildman–Crippen MR) is 73.0 cm³/mol. The van der Waals surface area contributed by atoms with Crippen molar-refractivity contribution in [3.8, 4) is 0 Å². The molecule has 96 valence electrons. The van der Waals surface area contributed by atoms with E-state index in [1.165, 1.54) is 0 Å². The van der Waals surface area contributed by atoms with E-state index in [2.05, 4.69) is 20.9 Å². The maximum absolute atomic E-state index is 11.7. The molecular weight excluding hydrogens is 296 g/mol. The van der Waals surface area contributed by atoms with Crippen LogP contribution in [0.4, 0.5) is 0 Å². The van der Waals surface area contributed by atoms with Gasteiger partial charge in [-0.2, -0.15) is 0 Å². The number of aromatic nitrogens is 2. The van der Waals surface area contributed by atoms with Gasteiger partial charge in [-0.15, -0.1) is 0 Å². The van der Waals surface area contributed by atoms with Gasteiger partial charge in [0.2, 0.25) is 0 Å². The molecule has 2 aromatic rings. The molecule has 0 radical (unpaired) electrons. The largest absolute Gasteiger partial charge is 0.443 e. The summed E-state index contributed by atoms with van der Waals surface area (Å²) >= 11 is 3.37. The Hall–Kier alpha value is -1.36. The number of rotatable bonds is 2. The molecule has 0 fully saturated rings. The topological polar surface area (TPSA) is 44.1 Å². The number of hydrogen-bond donors (Lipinski definition) is 0. The number of ether oxygens (including phenoxy) is 1. The number of halogens is 1. The minimum Gasteiger partial charge on any atom is -0.443 e. The van der Waals surface area contributed by atoms with Gasteiger partial charge < -0.3 is 4.74 Å². The summed E-state index contributed by atoms with van der Waals surface area (Å²) in [7, 11) is 0. The monoisotopic (exact) mass is 310 g/mol. The summed E-state index contributed by atoms with van der Waals surface area (Å²) in [6.45, 7) is 5.68. The highest BCUT2D eigenvalue weighted by molar-refractivity contribution is 9.10. The van der Waals surface area contributed by atoms with Gasteiger partial charge in [0.15, 0.2) is 6.73 Å². The summed E-state index contributed by atoms with van der Waals surface area (Å²) in [5, 5.41) is 1.01. The Labute approximate surface area is 114 Å². The Kier molecular flexibility index (Phi) is 3.43. The molecule has 0 saturated heterocycles. The number of carbonyl (C=O) groups is 1. The lowest BCUT2D eigenvalue weighted by Gasteiger charge is -2.16. The molecule has 0 aliphatic carbocycles. The van der Waals surface area contributed by atoms with Crippen molar-refractivity contribution in [1.29, 1.82) is 0 Å². The fraction of sp³-hybridized carbons (Fsp3) is 0.385. The minimum absolute atomic E-state index is 0.189. The zero-order valence-corrected chi connectivity index (χ0v) is 12.2. The maximum atomic E-state index is 11.7. The summed E-state index contributed by atoms with van der Waals surface area (Å²) in [6.07, 6.45) is 3.59. The van der Waals surface area contributed by atoms with Crippen LogP contribution in [0.5, 0.6) is 0 Å². The molecule has 0 unspecified atom stereocenters. The first-order valence-corrected chi connectivity index (χ1v) is 6.45. The van der Waals surface area contributed by atoms with Crippen molar-refractivity contribution in [2.75, 3.05) is 0 Å². The summed E-state index contributed by atoms with van der Waals surface area (Å²) in [4.78, 5) is 16.0. The fourth-order valence-electron chi connectivity index (χ4n) is 1.50. The summed E-state index contributed by atoms with van der Waals surface area (Å²) < 4.78 is 8.00. The first-order valence-electron chi connectivity index (χ1n) is 5.65. The third kappa shape index (κ3) is 2.72. The van der Waals surface area contributed by atoms with E-state index in [9.17, 15) is 4.79 Å². The van der Waals surface area contributed by atoms with Crippen molar-refractivity contribution >= 4 is 32.9 Å². The third-order valence-corrected chi connectivity index (χ3v) is 2.95. The van der Waals surface area contributed by atoms with E-state index >= 15 is 0 Å². The zero-order valence-electron chi connectivity index (χ0n) is 10.6. The quantitative estimate of drug-likeness (QED) is 0.799. The average Bonchev–Trinajstić information content (AvgIpc) is 2.66. The van der Waals surface area contributed by atoms with Crippen LogP contribution < -0.4 is 0 Å². The van der Waals surface area contributed by atoms with Crippen LogP contribution in [0, 0.1) is 5.41 Å². The SMILES string of the molecule is CC(C)(C)C(=O)OCn1ccc2cc(Br)cnc21. The first kappa shape index (κ1) is 13.1. The molecule has 0 aliphatic rings. The molecule has 5 heteroatoms. The third-order valence-electron chi connectivity index (χ3n) is 2.51. The molecule has 18 heavy (non-hydrogen) atoms. The Morgan fingerprint density at radius 1 is 1.50 bits per heavy atom. The van der Waals surface area contributed by atoms with Gasteiger partial charge in [0.1, 0.15) is 5.65 Å². The van der Waals surface area contributed by atoms with Gasteiger partial charge in [-0.1, -0.05) is 0 Å². The normalized spacial score (nSPS) is 11.8. The van der Waals surface area contributed by atoms with Gasteiger partial charge in [0.25, 0.3) is 0 Å². The van der Waals surface area contributed by atoms with Crippen LogP contribution in [0.1, 0.15) is 20.8 Å². The van der Waals surface area contributed by atoms with Crippen LogP contribution in [0.2, 0.25) is 0 Å². The van der Waals surface area contributed by atoms with Crippen LogP contribution in [0.25, 0.3) is 11.0 Å². The van der Waals surface area contributed by atoms with E-state index in [4.69, 9.17) is 4.74 Å². The molecule has 0 N–H and O–H groups in total. The Morgan fingerprint density at radius 3 is 2.89 bits per heavy atom. The zero-order chi connectivity index (χ0) is 13.3. The highest BCUT2D eigenvalue weighted by Gasteiger charge is 2.23. The Morgan fingerprint density at radius 2 is 2.22 bits per heavy atom. The van der Waals surface area contributed by atoms with Gasteiger partial charge in [0, 0.05) is 22.3 Å². The van der Waals surface area contributed by atoms with Gasteiger partial charge in [-0.05, 0) is 48.8 Å². The maximum Gasteiger partial charge on any atom is 0.312 e. The molecule has 2 aromatic heterocycles. The molecule has 2 rings (SSSR count). The summed E-state index contributed by atoms with van der Waals surface area (Å²) in [6, 6.07) is 3.92. The number of pyridine rings is 1. The van der Waals surface area contributed by atoms with Crippen LogP contribution in [0.3, 0.4) is 0 Å². The molecule has 0 saturated carbocycles. The molecular formula is C13H15BrN2O2. The molecule has 0 aromatic carbocycles. The standard InChI is InChI=1S/C13H15BrN2O2/c1-13(2,3)12(17)18-8-16-5-4-9-6-10(14)7-15-11(9)16/h4-7H,8H2,1-3H3. The van der Waals surface area contributed by atoms with Crippen molar-refractivity contribution in [1.82, 2.24) is 9.55 Å². The van der Waals surface area contributed by atoms with E-state index in [1.807, 2.05) is 43.7 Å². The van der Waals surface area contributed by atoms with E-state index in [1.54, 1.807) is 6.20 Å². The van der Waals surface area contributed by atoms with Crippen LogP contribution in [-0.2, 0) is 16.3 Å². The van der Waals surface area contributed by atoms with Gasteiger partial charge in [0.05, 0.1) is 5.41 Å². The van der Waals surface area contributed by atoms with Crippen LogP contribution in [0.15, 0.2) is 29.0 Å². The molecule has 0 bridgehead atoms. The number of hydrogen-bond acceptors (Lipinski definition) is 3. The van der Waals surface area contributed by atoms with Crippen molar-refractivity contribution in [3.05, 3.63) is 29.0 Å². The van der Waals surface area contributed by atoms with E-state index in [0.29, 0.717) is 0 Å². The van der Waals surface area contributed by atoms with Crippen molar-refractivity contribution in [2.24, 2.45) is 5.41 Å². The van der Waals surface area contributed by atoms with Gasteiger partial charge >= 0.3 is 5.97 Å². The number of carbonyl (C=O) groups excluding carboxylic acids is 1. The Balaban J connectivity index is 2.16. The molecule has 0 aliphatic heterocycles. The average molecular weight is 311 g/mol. The second kappa shape index (κ2) is 4.72. The van der Waals surface area contributed by atoms with Crippen LogP contribution >= 0.6 is 15.9 Å². The number of nitrogens with zero attached hydrogens (tertiary/aromatic N) is 2. The second-order valence-electron chi connectivity index (χ2n) is 5.16. The Bertz CT molecular complexity index is 584. The van der Waals surface area contributed by atoms with E-state index in [0.717, 1.165) is 15.5 Å². The van der Waals surface area contributed by atoms with Crippen molar-refractivity contribution in [2.45, 2.75) is 27.5 Å². The summed E-state index contributed by atoms with van der Waals surface area (Å²) in [5.41, 5.74) is 0.319. The minimum atomic E-state index is -0.487.